The first kappa shape index (κ1) is 23.8. The van der Waals surface area contributed by atoms with Crippen LogP contribution in [0, 0.1) is 10.5 Å². The molecule has 0 spiro atoms. The number of nitrogens with zero attached hydrogens (tertiary/aromatic N) is 1. The fourth-order valence-electron chi connectivity index (χ4n) is 2.81. The Morgan fingerprint density at radius 2 is 2.10 bits per heavy atom. The Morgan fingerprint density at radius 3 is 2.74 bits per heavy atom. The minimum Gasteiger partial charge on any atom is -0.492 e. The molecule has 0 saturated carbocycles. The van der Waals surface area contributed by atoms with Crippen molar-refractivity contribution in [2.45, 2.75) is 13.8 Å². The predicted molar refractivity (Wildman–Crippen MR) is 136 cm³/mol. The molecule has 2 aromatic rings. The second-order valence-electron chi connectivity index (χ2n) is 6.41. The average Bonchev–Trinajstić information content (AvgIpc) is 2.95. The first-order valence-electron chi connectivity index (χ1n) is 9.10. The van der Waals surface area contributed by atoms with E-state index < -0.39 is 11.8 Å². The lowest BCUT2D eigenvalue weighted by atomic mass is 10.1. The smallest absolute Gasteiger partial charge is 0.285 e. The average molecular weight is 589 g/mol. The van der Waals surface area contributed by atoms with E-state index in [0.717, 1.165) is 31.5 Å². The zero-order valence-corrected chi connectivity index (χ0v) is 21.4. The largest absolute Gasteiger partial charge is 0.492 e. The topological polar surface area (TPSA) is 67.9 Å². The summed E-state index contributed by atoms with van der Waals surface area (Å²) < 4.78 is 12.1. The molecule has 2 amide bonds. The van der Waals surface area contributed by atoms with Gasteiger partial charge in [-0.25, -0.2) is 0 Å². The molecule has 162 valence electrons. The summed E-state index contributed by atoms with van der Waals surface area (Å²) >= 11 is 14.7. The number of carbonyl (C=O) groups excluding carboxylic acids is 2. The SMILES string of the molecule is CCOc1cc(/C=C2/SC(=S)N(NC(=O)c3ccc(C)cc3Cl)C2=O)cc(I)c1OC. The number of rotatable bonds is 6. The number of nitrogens with one attached hydrogen (secondary N) is 1. The monoisotopic (exact) mass is 588 g/mol. The molecular formula is C21H18ClIN2O4S2. The highest BCUT2D eigenvalue weighted by Gasteiger charge is 2.34. The fraction of sp³-hybridized carbons (Fsp3) is 0.190. The Balaban J connectivity index is 1.84. The van der Waals surface area contributed by atoms with Crippen molar-refractivity contribution in [1.82, 2.24) is 10.4 Å². The van der Waals surface area contributed by atoms with E-state index in [-0.39, 0.29) is 9.88 Å². The number of thiocarbonyl (C=S) groups is 1. The van der Waals surface area contributed by atoms with Crippen molar-refractivity contribution in [2.24, 2.45) is 0 Å². The Labute approximate surface area is 208 Å². The van der Waals surface area contributed by atoms with Crippen LogP contribution in [0.3, 0.4) is 0 Å². The molecule has 0 aliphatic carbocycles. The second kappa shape index (κ2) is 10.2. The highest BCUT2D eigenvalue weighted by molar-refractivity contribution is 14.1. The summed E-state index contributed by atoms with van der Waals surface area (Å²) in [6.45, 7) is 4.23. The summed E-state index contributed by atoms with van der Waals surface area (Å²) in [6, 6.07) is 8.73. The highest BCUT2D eigenvalue weighted by atomic mass is 127. The number of hydrogen-bond acceptors (Lipinski definition) is 6. The summed E-state index contributed by atoms with van der Waals surface area (Å²) in [5, 5.41) is 1.36. The third-order valence-electron chi connectivity index (χ3n) is 4.21. The summed E-state index contributed by atoms with van der Waals surface area (Å²) in [5.41, 5.74) is 4.48. The number of carbonyl (C=O) groups is 2. The lowest BCUT2D eigenvalue weighted by Gasteiger charge is -2.16. The van der Waals surface area contributed by atoms with Crippen molar-refractivity contribution in [3.63, 3.8) is 0 Å². The van der Waals surface area contributed by atoms with Crippen LogP contribution in [0.4, 0.5) is 0 Å². The van der Waals surface area contributed by atoms with Gasteiger partial charge in [-0.1, -0.05) is 29.4 Å². The van der Waals surface area contributed by atoms with Crippen LogP contribution in [0.5, 0.6) is 11.5 Å². The highest BCUT2D eigenvalue weighted by Crippen LogP contribution is 2.37. The van der Waals surface area contributed by atoms with E-state index in [1.165, 1.54) is 0 Å². The molecule has 0 radical (unpaired) electrons. The molecule has 0 aromatic heterocycles. The molecule has 6 nitrogen and oxygen atoms in total. The molecule has 1 N–H and O–H groups in total. The van der Waals surface area contributed by atoms with Gasteiger partial charge in [0, 0.05) is 0 Å². The van der Waals surface area contributed by atoms with Gasteiger partial charge in [0.15, 0.2) is 15.8 Å². The van der Waals surface area contributed by atoms with Gasteiger partial charge in [-0.3, -0.25) is 15.0 Å². The van der Waals surface area contributed by atoms with Crippen LogP contribution in [0.1, 0.15) is 28.4 Å². The van der Waals surface area contributed by atoms with Crippen molar-refractivity contribution >= 4 is 80.4 Å². The van der Waals surface area contributed by atoms with E-state index in [9.17, 15) is 9.59 Å². The van der Waals surface area contributed by atoms with E-state index in [0.29, 0.717) is 28.0 Å². The summed E-state index contributed by atoms with van der Waals surface area (Å²) in [5.74, 6) is 0.283. The van der Waals surface area contributed by atoms with Crippen molar-refractivity contribution in [3.8, 4) is 11.5 Å². The molecule has 2 aromatic carbocycles. The Kier molecular flexibility index (Phi) is 7.84. The van der Waals surface area contributed by atoms with Crippen LogP contribution in [-0.2, 0) is 4.79 Å². The first-order valence-corrected chi connectivity index (χ1v) is 11.8. The number of amides is 2. The van der Waals surface area contributed by atoms with E-state index in [1.54, 1.807) is 37.5 Å². The number of halogens is 2. The molecule has 1 heterocycles. The third-order valence-corrected chi connectivity index (χ3v) is 6.63. The summed E-state index contributed by atoms with van der Waals surface area (Å²) in [7, 11) is 1.58. The van der Waals surface area contributed by atoms with Crippen LogP contribution in [0.15, 0.2) is 35.2 Å². The van der Waals surface area contributed by atoms with Crippen LogP contribution in [-0.4, -0.2) is 34.9 Å². The van der Waals surface area contributed by atoms with E-state index in [1.807, 2.05) is 19.9 Å². The Hall–Kier alpha value is -1.82. The molecule has 31 heavy (non-hydrogen) atoms. The van der Waals surface area contributed by atoms with Crippen molar-refractivity contribution < 1.29 is 19.1 Å². The van der Waals surface area contributed by atoms with Gasteiger partial charge in [0.1, 0.15) is 0 Å². The molecule has 3 rings (SSSR count). The maximum atomic E-state index is 12.9. The number of thioether (sulfide) groups is 1. The van der Waals surface area contributed by atoms with Crippen LogP contribution in [0.2, 0.25) is 5.02 Å². The molecule has 0 unspecified atom stereocenters. The Bertz CT molecular complexity index is 1110. The van der Waals surface area contributed by atoms with Crippen LogP contribution in [0.25, 0.3) is 6.08 Å². The first-order chi connectivity index (χ1) is 14.7. The van der Waals surface area contributed by atoms with Crippen LogP contribution < -0.4 is 14.9 Å². The fourth-order valence-corrected chi connectivity index (χ4v) is 5.16. The second-order valence-corrected chi connectivity index (χ2v) is 9.65. The molecule has 1 fully saturated rings. The third kappa shape index (κ3) is 5.33. The molecule has 0 bridgehead atoms. The van der Waals surface area contributed by atoms with Gasteiger partial charge in [-0.05, 0) is 90.1 Å². The normalized spacial score (nSPS) is 14.9. The molecule has 1 saturated heterocycles. The van der Waals surface area contributed by atoms with Crippen LogP contribution >= 0.6 is 58.2 Å². The van der Waals surface area contributed by atoms with Gasteiger partial charge in [-0.15, -0.1) is 0 Å². The number of benzene rings is 2. The summed E-state index contributed by atoms with van der Waals surface area (Å²) in [6.07, 6.45) is 1.70. The number of methoxy groups -OCH3 is 1. The lowest BCUT2D eigenvalue weighted by molar-refractivity contribution is -0.123. The molecule has 0 atom stereocenters. The van der Waals surface area contributed by atoms with Gasteiger partial charge >= 0.3 is 0 Å². The standard InChI is InChI=1S/C21H18ClIN2O4S2/c1-4-29-16-9-12(8-15(23)18(16)28-3)10-17-20(27)25(21(30)31-17)24-19(26)13-6-5-11(2)7-14(13)22/h5-10H,4H2,1-3H3,(H,24,26)/b17-10+. The van der Waals surface area contributed by atoms with Gasteiger partial charge in [0.25, 0.3) is 11.8 Å². The molecule has 10 heteroatoms. The molecular weight excluding hydrogens is 571 g/mol. The number of hydrazine groups is 1. The summed E-state index contributed by atoms with van der Waals surface area (Å²) in [4.78, 5) is 25.9. The maximum absolute atomic E-state index is 12.9. The van der Waals surface area contributed by atoms with Gasteiger partial charge in [0.05, 0.1) is 32.8 Å². The van der Waals surface area contributed by atoms with Gasteiger partial charge in [0.2, 0.25) is 0 Å². The van der Waals surface area contributed by atoms with Crippen molar-refractivity contribution in [1.29, 1.82) is 0 Å². The number of hydrogen-bond donors (Lipinski definition) is 1. The number of ether oxygens (including phenoxy) is 2. The van der Waals surface area contributed by atoms with E-state index in [4.69, 9.17) is 33.3 Å². The predicted octanol–water partition coefficient (Wildman–Crippen LogP) is 5.21. The van der Waals surface area contributed by atoms with Gasteiger partial charge in [-0.2, -0.15) is 5.01 Å². The zero-order valence-electron chi connectivity index (χ0n) is 16.8. The maximum Gasteiger partial charge on any atom is 0.285 e. The van der Waals surface area contributed by atoms with E-state index in [2.05, 4.69) is 28.0 Å². The molecule has 1 aliphatic heterocycles. The van der Waals surface area contributed by atoms with E-state index >= 15 is 0 Å². The van der Waals surface area contributed by atoms with Crippen molar-refractivity contribution in [2.75, 3.05) is 13.7 Å². The minimum absolute atomic E-state index is 0.223. The Morgan fingerprint density at radius 1 is 1.35 bits per heavy atom. The van der Waals surface area contributed by atoms with Crippen molar-refractivity contribution in [3.05, 3.63) is 60.5 Å². The quantitative estimate of drug-likeness (QED) is 0.284. The number of aryl methyl sites for hydroxylation is 1. The van der Waals surface area contributed by atoms with Gasteiger partial charge < -0.3 is 9.47 Å². The molecule has 1 aliphatic rings. The lowest BCUT2D eigenvalue weighted by Crippen LogP contribution is -2.44. The minimum atomic E-state index is -0.514. The zero-order chi connectivity index (χ0) is 22.7.